The molecule has 204 valence electrons. The number of anilines is 1. The summed E-state index contributed by atoms with van der Waals surface area (Å²) in [5.74, 6) is 0.0676. The van der Waals surface area contributed by atoms with Crippen LogP contribution >= 0.6 is 11.3 Å². The summed E-state index contributed by atoms with van der Waals surface area (Å²) in [6.07, 6.45) is 0. The Labute approximate surface area is 229 Å². The van der Waals surface area contributed by atoms with Gasteiger partial charge in [-0.05, 0) is 42.7 Å². The van der Waals surface area contributed by atoms with E-state index in [0.717, 1.165) is 21.6 Å². The average molecular weight is 552 g/mol. The Hall–Kier alpha value is -4.38. The van der Waals surface area contributed by atoms with Gasteiger partial charge in [0.2, 0.25) is 5.75 Å². The third-order valence-corrected chi connectivity index (χ3v) is 6.97. The van der Waals surface area contributed by atoms with E-state index in [0.29, 0.717) is 34.2 Å². The predicted octanol–water partition coefficient (Wildman–Crippen LogP) is 5.03. The van der Waals surface area contributed by atoms with Crippen LogP contribution in [0.2, 0.25) is 0 Å². The van der Waals surface area contributed by atoms with Crippen LogP contribution in [0.4, 0.5) is 5.00 Å². The van der Waals surface area contributed by atoms with Crippen LogP contribution in [0.5, 0.6) is 17.2 Å². The zero-order chi connectivity index (χ0) is 28.3. The molecule has 1 N–H and O–H groups in total. The maximum atomic E-state index is 13.7. The first-order valence-corrected chi connectivity index (χ1v) is 13.0. The van der Waals surface area contributed by atoms with Crippen LogP contribution in [0.25, 0.3) is 16.5 Å². The molecule has 0 atom stereocenters. The number of ether oxygens (including phenoxy) is 4. The summed E-state index contributed by atoms with van der Waals surface area (Å²) >= 11 is 1.11. The summed E-state index contributed by atoms with van der Waals surface area (Å²) in [4.78, 5) is 39.8. The quantitative estimate of drug-likeness (QED) is 0.288. The normalized spacial score (nSPS) is 10.9. The van der Waals surface area contributed by atoms with Gasteiger partial charge in [0, 0.05) is 16.3 Å². The number of carbonyl (C=O) groups excluding carboxylic acids is 2. The minimum atomic E-state index is -0.671. The van der Waals surface area contributed by atoms with Crippen molar-refractivity contribution in [2.45, 2.75) is 26.7 Å². The Morgan fingerprint density at radius 3 is 2.21 bits per heavy atom. The van der Waals surface area contributed by atoms with E-state index in [2.05, 4.69) is 24.3 Å². The summed E-state index contributed by atoms with van der Waals surface area (Å²) in [5.41, 5.74) is 1.27. The van der Waals surface area contributed by atoms with Crippen molar-refractivity contribution in [3.8, 4) is 22.9 Å². The van der Waals surface area contributed by atoms with Gasteiger partial charge >= 0.3 is 5.97 Å². The van der Waals surface area contributed by atoms with E-state index in [1.165, 1.54) is 33.5 Å². The molecule has 11 heteroatoms. The fourth-order valence-electron chi connectivity index (χ4n) is 4.05. The molecule has 39 heavy (non-hydrogen) atoms. The van der Waals surface area contributed by atoms with E-state index >= 15 is 0 Å². The molecular weight excluding hydrogens is 522 g/mol. The van der Waals surface area contributed by atoms with Crippen LogP contribution in [0.1, 0.15) is 53.1 Å². The van der Waals surface area contributed by atoms with Gasteiger partial charge in [-0.2, -0.15) is 9.78 Å². The summed E-state index contributed by atoms with van der Waals surface area (Å²) in [6, 6.07) is 10.4. The molecule has 4 aromatic rings. The standard InChI is InChI=1S/C28H29N3O7S/c1-7-38-28(34)23-19-14-39-26(29-25(32)17-12-20(35-4)24(37-6)21(13-17)36-5)22(19)27(33)31(30-23)18-10-8-16(9-11-18)15(2)3/h8-15H,7H2,1-6H3,(H,29,32). The second kappa shape index (κ2) is 11.6. The molecule has 0 unspecified atom stereocenters. The number of aromatic nitrogens is 2. The zero-order valence-corrected chi connectivity index (χ0v) is 23.3. The van der Waals surface area contributed by atoms with Gasteiger partial charge in [0.05, 0.1) is 39.0 Å². The maximum absolute atomic E-state index is 13.7. The molecular formula is C28H29N3O7S. The molecule has 0 aliphatic rings. The lowest BCUT2D eigenvalue weighted by Crippen LogP contribution is -2.25. The highest BCUT2D eigenvalue weighted by Gasteiger charge is 2.24. The van der Waals surface area contributed by atoms with E-state index < -0.39 is 17.4 Å². The number of fused-ring (bicyclic) bond motifs is 1. The Morgan fingerprint density at radius 2 is 1.67 bits per heavy atom. The fourth-order valence-corrected chi connectivity index (χ4v) is 4.99. The number of rotatable bonds is 9. The van der Waals surface area contributed by atoms with Crippen LogP contribution in [-0.2, 0) is 4.74 Å². The molecule has 0 bridgehead atoms. The molecule has 0 saturated heterocycles. The lowest BCUT2D eigenvalue weighted by molar-refractivity contribution is 0.0520. The van der Waals surface area contributed by atoms with Crippen molar-refractivity contribution in [1.82, 2.24) is 9.78 Å². The first-order chi connectivity index (χ1) is 18.7. The molecule has 0 spiro atoms. The smallest absolute Gasteiger partial charge is 0.359 e. The van der Waals surface area contributed by atoms with Gasteiger partial charge in [-0.15, -0.1) is 11.3 Å². The van der Waals surface area contributed by atoms with Crippen LogP contribution in [-0.4, -0.2) is 49.6 Å². The Balaban J connectivity index is 1.84. The number of benzene rings is 2. The van der Waals surface area contributed by atoms with E-state index in [-0.39, 0.29) is 28.3 Å². The van der Waals surface area contributed by atoms with E-state index in [1.807, 2.05) is 12.1 Å². The highest BCUT2D eigenvalue weighted by Crippen LogP contribution is 2.39. The molecule has 0 aliphatic carbocycles. The summed E-state index contributed by atoms with van der Waals surface area (Å²) < 4.78 is 22.4. The predicted molar refractivity (Wildman–Crippen MR) is 149 cm³/mol. The highest BCUT2D eigenvalue weighted by atomic mass is 32.1. The third kappa shape index (κ3) is 5.30. The average Bonchev–Trinajstić information content (AvgIpc) is 3.36. The van der Waals surface area contributed by atoms with Crippen LogP contribution in [0.15, 0.2) is 46.6 Å². The number of nitrogens with one attached hydrogen (secondary N) is 1. The van der Waals surface area contributed by atoms with E-state index in [9.17, 15) is 14.4 Å². The molecule has 1 amide bonds. The van der Waals surface area contributed by atoms with Gasteiger partial charge in [-0.25, -0.2) is 4.79 Å². The van der Waals surface area contributed by atoms with Crippen molar-refractivity contribution in [2.75, 3.05) is 33.3 Å². The van der Waals surface area contributed by atoms with Gasteiger partial charge < -0.3 is 24.3 Å². The van der Waals surface area contributed by atoms with Crippen LogP contribution in [0, 0.1) is 0 Å². The molecule has 0 saturated carbocycles. The molecule has 2 aromatic heterocycles. The monoisotopic (exact) mass is 551 g/mol. The largest absolute Gasteiger partial charge is 0.493 e. The number of nitrogens with zero attached hydrogens (tertiary/aromatic N) is 2. The molecule has 0 aliphatic heterocycles. The van der Waals surface area contributed by atoms with E-state index in [1.54, 1.807) is 24.4 Å². The highest BCUT2D eigenvalue weighted by molar-refractivity contribution is 7.16. The number of hydrogen-bond acceptors (Lipinski definition) is 9. The van der Waals surface area contributed by atoms with Gasteiger partial charge in [-0.3, -0.25) is 9.59 Å². The number of methoxy groups -OCH3 is 3. The number of esters is 1. The molecule has 2 heterocycles. The van der Waals surface area contributed by atoms with Crippen molar-refractivity contribution in [3.63, 3.8) is 0 Å². The SMILES string of the molecule is CCOC(=O)c1nn(-c2ccc(C(C)C)cc2)c(=O)c2c(NC(=O)c3cc(OC)c(OC)c(OC)c3)scc12. The third-order valence-electron chi connectivity index (χ3n) is 6.08. The number of thiophene rings is 1. The molecule has 0 fully saturated rings. The maximum Gasteiger partial charge on any atom is 0.359 e. The minimum absolute atomic E-state index is 0.0241. The van der Waals surface area contributed by atoms with Gasteiger partial charge in [0.25, 0.3) is 11.5 Å². The first-order valence-electron chi connectivity index (χ1n) is 12.2. The second-order valence-electron chi connectivity index (χ2n) is 8.75. The molecule has 4 rings (SSSR count). The van der Waals surface area contributed by atoms with Crippen LogP contribution in [0.3, 0.4) is 0 Å². The fraction of sp³-hybridized carbons (Fsp3) is 0.286. The van der Waals surface area contributed by atoms with Crippen molar-refractivity contribution in [3.05, 3.63) is 69.0 Å². The summed E-state index contributed by atoms with van der Waals surface area (Å²) in [7, 11) is 4.37. The van der Waals surface area contributed by atoms with Crippen molar-refractivity contribution >= 4 is 39.0 Å². The summed E-state index contributed by atoms with van der Waals surface area (Å²) in [5, 5.41) is 9.45. The minimum Gasteiger partial charge on any atom is -0.493 e. The number of carbonyl (C=O) groups is 2. The lowest BCUT2D eigenvalue weighted by Gasteiger charge is -2.14. The van der Waals surface area contributed by atoms with Crippen LogP contribution < -0.4 is 25.1 Å². The van der Waals surface area contributed by atoms with Gasteiger partial charge in [-0.1, -0.05) is 26.0 Å². The first kappa shape index (κ1) is 27.6. The Morgan fingerprint density at radius 1 is 1.03 bits per heavy atom. The molecule has 10 nitrogen and oxygen atoms in total. The Bertz CT molecular complexity index is 1560. The number of amides is 1. The molecule has 0 radical (unpaired) electrons. The van der Waals surface area contributed by atoms with Gasteiger partial charge in [0.15, 0.2) is 17.2 Å². The van der Waals surface area contributed by atoms with Crippen molar-refractivity contribution in [2.24, 2.45) is 0 Å². The van der Waals surface area contributed by atoms with Crippen molar-refractivity contribution in [1.29, 1.82) is 0 Å². The van der Waals surface area contributed by atoms with E-state index in [4.69, 9.17) is 18.9 Å². The van der Waals surface area contributed by atoms with Crippen molar-refractivity contribution < 1.29 is 28.5 Å². The second-order valence-corrected chi connectivity index (χ2v) is 9.63. The number of hydrogen-bond donors (Lipinski definition) is 1. The zero-order valence-electron chi connectivity index (χ0n) is 22.5. The molecule has 2 aromatic carbocycles. The summed E-state index contributed by atoms with van der Waals surface area (Å²) in [6.45, 7) is 5.96. The lowest BCUT2D eigenvalue weighted by atomic mass is 10.0. The topological polar surface area (TPSA) is 118 Å². The van der Waals surface area contributed by atoms with Gasteiger partial charge in [0.1, 0.15) is 5.00 Å². The Kier molecular flexibility index (Phi) is 8.20.